The zero-order chi connectivity index (χ0) is 16.3. The number of carboxylic acid groups (broad SMARTS) is 1. The fourth-order valence-corrected chi connectivity index (χ4v) is 2.81. The number of H-pyrrole nitrogens is 1. The summed E-state index contributed by atoms with van der Waals surface area (Å²) in [5.41, 5.74) is -1.24. The van der Waals surface area contributed by atoms with Crippen LogP contribution in [0.2, 0.25) is 0 Å². The molecule has 2 heterocycles. The zero-order valence-electron chi connectivity index (χ0n) is 13.1. The van der Waals surface area contributed by atoms with Crippen LogP contribution >= 0.6 is 0 Å². The number of aromatic nitrogens is 2. The Balaban J connectivity index is 2.45. The summed E-state index contributed by atoms with van der Waals surface area (Å²) in [5.74, 6) is -1.14. The van der Waals surface area contributed by atoms with Crippen LogP contribution in [-0.2, 0) is 13.1 Å². The third-order valence-electron chi connectivity index (χ3n) is 3.87. The molecule has 2 rings (SSSR count). The molecule has 0 spiro atoms. The summed E-state index contributed by atoms with van der Waals surface area (Å²) < 4.78 is 1.11. The van der Waals surface area contributed by atoms with Crippen molar-refractivity contribution in [2.75, 3.05) is 13.1 Å². The molecule has 2 N–H and O–H groups in total. The first kappa shape index (κ1) is 16.5. The maximum atomic E-state index is 12.6. The maximum absolute atomic E-state index is 12.6. The average Bonchev–Trinajstić information content (AvgIpc) is 2.46. The molecule has 0 bridgehead atoms. The molecule has 7 heteroatoms. The van der Waals surface area contributed by atoms with Crippen molar-refractivity contribution >= 4 is 5.97 Å². The van der Waals surface area contributed by atoms with Crippen molar-refractivity contribution in [3.05, 3.63) is 32.1 Å². The summed E-state index contributed by atoms with van der Waals surface area (Å²) in [4.78, 5) is 40.4. The molecular formula is C15H23N3O4. The fourth-order valence-electron chi connectivity index (χ4n) is 2.81. The van der Waals surface area contributed by atoms with E-state index >= 15 is 0 Å². The number of hydrogen-bond donors (Lipinski definition) is 2. The molecule has 1 aromatic rings. The van der Waals surface area contributed by atoms with Crippen LogP contribution in [-0.4, -0.2) is 38.6 Å². The molecule has 1 aliphatic heterocycles. The van der Waals surface area contributed by atoms with E-state index in [0.29, 0.717) is 0 Å². The van der Waals surface area contributed by atoms with Gasteiger partial charge in [-0.15, -0.1) is 0 Å². The molecule has 0 saturated carbocycles. The predicted molar refractivity (Wildman–Crippen MR) is 82.2 cm³/mol. The number of likely N-dealkylation sites (tertiary alicyclic amines) is 1. The summed E-state index contributed by atoms with van der Waals surface area (Å²) in [5, 5.41) is 9.28. The van der Waals surface area contributed by atoms with Crippen LogP contribution in [0.4, 0.5) is 0 Å². The summed E-state index contributed by atoms with van der Waals surface area (Å²) in [6, 6.07) is 0. The van der Waals surface area contributed by atoms with Gasteiger partial charge < -0.3 is 10.1 Å². The zero-order valence-corrected chi connectivity index (χ0v) is 13.1. The van der Waals surface area contributed by atoms with Crippen molar-refractivity contribution in [3.63, 3.8) is 0 Å². The minimum atomic E-state index is -1.27. The molecule has 1 fully saturated rings. The number of rotatable bonds is 5. The number of carbonyl (C=O) groups is 1. The molecule has 22 heavy (non-hydrogen) atoms. The van der Waals surface area contributed by atoms with Crippen molar-refractivity contribution < 1.29 is 9.90 Å². The molecule has 0 aromatic carbocycles. The third-order valence-corrected chi connectivity index (χ3v) is 3.87. The Bertz CT molecular complexity index is 654. The van der Waals surface area contributed by atoms with Crippen LogP contribution in [0.25, 0.3) is 0 Å². The van der Waals surface area contributed by atoms with E-state index < -0.39 is 17.2 Å². The molecule has 0 amide bonds. The van der Waals surface area contributed by atoms with Gasteiger partial charge in [-0.25, -0.2) is 9.59 Å². The monoisotopic (exact) mass is 309 g/mol. The van der Waals surface area contributed by atoms with Gasteiger partial charge in [0.1, 0.15) is 5.69 Å². The molecule has 1 saturated heterocycles. The van der Waals surface area contributed by atoms with E-state index in [1.807, 2.05) is 13.8 Å². The Morgan fingerprint density at radius 3 is 2.41 bits per heavy atom. The lowest BCUT2D eigenvalue weighted by molar-refractivity contribution is 0.0686. The van der Waals surface area contributed by atoms with E-state index in [1.165, 1.54) is 0 Å². The molecular weight excluding hydrogens is 286 g/mol. The summed E-state index contributed by atoms with van der Waals surface area (Å²) in [6.45, 7) is 6.06. The van der Waals surface area contributed by atoms with Gasteiger partial charge in [-0.3, -0.25) is 14.3 Å². The first-order valence-corrected chi connectivity index (χ1v) is 7.71. The Kier molecular flexibility index (Phi) is 5.18. The number of nitrogens with zero attached hydrogens (tertiary/aromatic N) is 2. The maximum Gasteiger partial charge on any atom is 0.352 e. The standard InChI is InChI=1S/C15H23N3O4/c1-10(2)8-18-13(19)11(9-17-6-4-3-5-7-17)12(14(20)21)16-15(18)22/h10H,3-9H2,1-2H3,(H,16,22)(H,20,21). The number of carboxylic acids is 1. The van der Waals surface area contributed by atoms with Gasteiger partial charge in [0.15, 0.2) is 0 Å². The lowest BCUT2D eigenvalue weighted by atomic mass is 10.1. The molecule has 0 unspecified atom stereocenters. The topological polar surface area (TPSA) is 95.4 Å². The molecule has 122 valence electrons. The second-order valence-corrected chi connectivity index (χ2v) is 6.24. The Hall–Kier alpha value is -1.89. The highest BCUT2D eigenvalue weighted by Crippen LogP contribution is 2.12. The highest BCUT2D eigenvalue weighted by atomic mass is 16.4. The van der Waals surface area contributed by atoms with E-state index in [0.717, 1.165) is 36.9 Å². The lowest BCUT2D eigenvalue weighted by Crippen LogP contribution is -2.43. The molecule has 0 atom stereocenters. The SMILES string of the molecule is CC(C)Cn1c(=O)[nH]c(C(=O)O)c(CN2CCCCC2)c1=O. The van der Waals surface area contributed by atoms with Crippen LogP contribution < -0.4 is 11.2 Å². The number of aromatic carboxylic acids is 1. The van der Waals surface area contributed by atoms with Gasteiger partial charge in [0.25, 0.3) is 5.56 Å². The fraction of sp³-hybridized carbons (Fsp3) is 0.667. The first-order chi connectivity index (χ1) is 10.4. The molecule has 1 aromatic heterocycles. The smallest absolute Gasteiger partial charge is 0.352 e. The average molecular weight is 309 g/mol. The Morgan fingerprint density at radius 1 is 1.23 bits per heavy atom. The van der Waals surface area contributed by atoms with Crippen molar-refractivity contribution in [2.24, 2.45) is 5.92 Å². The van der Waals surface area contributed by atoms with Gasteiger partial charge >= 0.3 is 11.7 Å². The molecule has 0 radical (unpaired) electrons. The molecule has 7 nitrogen and oxygen atoms in total. The third kappa shape index (κ3) is 3.65. The second kappa shape index (κ2) is 6.91. The van der Waals surface area contributed by atoms with Crippen molar-refractivity contribution in [2.45, 2.75) is 46.2 Å². The van der Waals surface area contributed by atoms with Gasteiger partial charge in [-0.05, 0) is 31.8 Å². The van der Waals surface area contributed by atoms with Crippen molar-refractivity contribution in [1.82, 2.24) is 14.5 Å². The minimum absolute atomic E-state index is 0.123. The van der Waals surface area contributed by atoms with Crippen LogP contribution in [0.15, 0.2) is 9.59 Å². The highest BCUT2D eigenvalue weighted by molar-refractivity contribution is 5.86. The molecule has 0 aliphatic carbocycles. The molecule has 1 aliphatic rings. The van der Waals surface area contributed by atoms with Gasteiger partial charge in [0, 0.05) is 13.1 Å². The minimum Gasteiger partial charge on any atom is -0.477 e. The number of piperidine rings is 1. The van der Waals surface area contributed by atoms with Crippen LogP contribution in [0.3, 0.4) is 0 Å². The predicted octanol–water partition coefficient (Wildman–Crippen LogP) is 0.877. The number of nitrogens with one attached hydrogen (secondary N) is 1. The van der Waals surface area contributed by atoms with E-state index in [2.05, 4.69) is 9.88 Å². The van der Waals surface area contributed by atoms with E-state index in [-0.39, 0.29) is 30.3 Å². The van der Waals surface area contributed by atoms with E-state index in [1.54, 1.807) is 0 Å². The summed E-state index contributed by atoms with van der Waals surface area (Å²) in [6.07, 6.45) is 3.25. The highest BCUT2D eigenvalue weighted by Gasteiger charge is 2.22. The van der Waals surface area contributed by atoms with Gasteiger partial charge in [0.05, 0.1) is 5.56 Å². The van der Waals surface area contributed by atoms with Gasteiger partial charge in [-0.2, -0.15) is 0 Å². The normalized spacial score (nSPS) is 16.1. The van der Waals surface area contributed by atoms with E-state index in [9.17, 15) is 19.5 Å². The van der Waals surface area contributed by atoms with E-state index in [4.69, 9.17) is 0 Å². The van der Waals surface area contributed by atoms with Crippen molar-refractivity contribution in [1.29, 1.82) is 0 Å². The second-order valence-electron chi connectivity index (χ2n) is 6.24. The largest absolute Gasteiger partial charge is 0.477 e. The van der Waals surface area contributed by atoms with Crippen LogP contribution in [0.1, 0.15) is 49.2 Å². The van der Waals surface area contributed by atoms with Crippen LogP contribution in [0.5, 0.6) is 0 Å². The number of hydrogen-bond acceptors (Lipinski definition) is 4. The number of aromatic amines is 1. The van der Waals surface area contributed by atoms with Crippen LogP contribution in [0, 0.1) is 5.92 Å². The van der Waals surface area contributed by atoms with Gasteiger partial charge in [-0.1, -0.05) is 20.3 Å². The lowest BCUT2D eigenvalue weighted by Gasteiger charge is -2.26. The summed E-state index contributed by atoms with van der Waals surface area (Å²) >= 11 is 0. The first-order valence-electron chi connectivity index (χ1n) is 7.71. The van der Waals surface area contributed by atoms with Crippen molar-refractivity contribution in [3.8, 4) is 0 Å². The Labute approximate surface area is 128 Å². The quantitative estimate of drug-likeness (QED) is 0.841. The Morgan fingerprint density at radius 2 is 1.86 bits per heavy atom. The summed E-state index contributed by atoms with van der Waals surface area (Å²) in [7, 11) is 0. The van der Waals surface area contributed by atoms with Gasteiger partial charge in [0.2, 0.25) is 0 Å².